The quantitative estimate of drug-likeness (QED) is 0.272. The zero-order valence-electron chi connectivity index (χ0n) is 11.2. The smallest absolute Gasteiger partial charge is 0.272 e. The molecule has 0 aliphatic rings. The van der Waals surface area contributed by atoms with Gasteiger partial charge in [0.25, 0.3) is 5.69 Å². The first-order chi connectivity index (χ1) is 9.38. The molecule has 8 heteroatoms. The monoisotopic (exact) mass is 280 g/mol. The molecule has 2 atom stereocenters. The van der Waals surface area contributed by atoms with Gasteiger partial charge < -0.3 is 10.2 Å². The third-order valence-electron chi connectivity index (χ3n) is 3.05. The lowest BCUT2D eigenvalue weighted by Gasteiger charge is -2.19. The van der Waals surface area contributed by atoms with E-state index in [1.165, 1.54) is 6.07 Å². The van der Waals surface area contributed by atoms with Gasteiger partial charge in [-0.05, 0) is 43.0 Å². The second-order valence-corrected chi connectivity index (χ2v) is 4.51. The molecule has 0 saturated carbocycles. The first-order valence-corrected chi connectivity index (χ1v) is 6.01. The average molecular weight is 280 g/mol. The first kappa shape index (κ1) is 15.9. The fourth-order valence-corrected chi connectivity index (χ4v) is 1.97. The zero-order valence-corrected chi connectivity index (χ0v) is 11.2. The van der Waals surface area contributed by atoms with E-state index in [2.05, 4.69) is 10.0 Å². The Morgan fingerprint density at radius 3 is 2.60 bits per heavy atom. The Morgan fingerprint density at radius 2 is 2.05 bits per heavy atom. The molecule has 0 aromatic heterocycles. The summed E-state index contributed by atoms with van der Waals surface area (Å²) < 4.78 is 0. The first-order valence-electron chi connectivity index (χ1n) is 6.01. The summed E-state index contributed by atoms with van der Waals surface area (Å²) in [5.41, 5.74) is 9.49. The van der Waals surface area contributed by atoms with Crippen LogP contribution in [-0.2, 0) is 0 Å². The normalized spacial score (nSPS) is 13.4. The van der Waals surface area contributed by atoms with E-state index in [0.29, 0.717) is 16.7 Å². The topological polar surface area (TPSA) is 132 Å². The molecule has 2 N–H and O–H groups in total. The summed E-state index contributed by atoms with van der Waals surface area (Å²) in [7, 11) is 0. The van der Waals surface area contributed by atoms with Crippen molar-refractivity contribution in [2.24, 2.45) is 5.11 Å². The van der Waals surface area contributed by atoms with Crippen LogP contribution in [0.4, 0.5) is 5.69 Å². The summed E-state index contributed by atoms with van der Waals surface area (Å²) in [6.07, 6.45) is -2.34. The molecular weight excluding hydrogens is 264 g/mol. The second kappa shape index (κ2) is 6.85. The number of hydrogen-bond donors (Lipinski definition) is 2. The molecule has 2 unspecified atom stereocenters. The molecule has 0 aliphatic carbocycles. The predicted octanol–water partition coefficient (Wildman–Crippen LogP) is 2.31. The van der Waals surface area contributed by atoms with Crippen molar-refractivity contribution in [3.8, 4) is 0 Å². The number of nitro benzene ring substituents is 1. The lowest BCUT2D eigenvalue weighted by Crippen LogP contribution is -2.20. The maximum atomic E-state index is 10.9. The van der Waals surface area contributed by atoms with Gasteiger partial charge in [-0.2, -0.15) is 0 Å². The van der Waals surface area contributed by atoms with E-state index >= 15 is 0 Å². The Balaban J connectivity index is 3.02. The van der Waals surface area contributed by atoms with Gasteiger partial charge in [0.15, 0.2) is 0 Å². The molecule has 8 nitrogen and oxygen atoms in total. The van der Waals surface area contributed by atoms with Crippen LogP contribution in [0.5, 0.6) is 0 Å². The van der Waals surface area contributed by atoms with Gasteiger partial charge in [0.1, 0.15) is 6.10 Å². The van der Waals surface area contributed by atoms with Gasteiger partial charge in [0.2, 0.25) is 0 Å². The van der Waals surface area contributed by atoms with Crippen LogP contribution in [0.25, 0.3) is 10.4 Å². The second-order valence-electron chi connectivity index (χ2n) is 4.51. The minimum atomic E-state index is -1.26. The zero-order chi connectivity index (χ0) is 15.3. The van der Waals surface area contributed by atoms with Gasteiger partial charge >= 0.3 is 0 Å². The third kappa shape index (κ3) is 3.67. The minimum Gasteiger partial charge on any atom is -0.390 e. The van der Waals surface area contributed by atoms with Crippen molar-refractivity contribution in [1.82, 2.24) is 0 Å². The highest BCUT2D eigenvalue weighted by atomic mass is 16.6. The Morgan fingerprint density at radius 1 is 1.40 bits per heavy atom. The molecular formula is C12H16N4O4. The van der Waals surface area contributed by atoms with Crippen LogP contribution in [0.15, 0.2) is 17.2 Å². The molecule has 0 heterocycles. The van der Waals surface area contributed by atoms with Crippen LogP contribution in [0.3, 0.4) is 0 Å². The summed E-state index contributed by atoms with van der Waals surface area (Å²) in [5, 5.41) is 34.0. The van der Waals surface area contributed by atoms with Crippen LogP contribution in [0, 0.1) is 24.0 Å². The molecule has 0 bridgehead atoms. The molecule has 1 aromatic carbocycles. The van der Waals surface area contributed by atoms with Crippen molar-refractivity contribution < 1.29 is 15.1 Å². The number of nitro groups is 1. The van der Waals surface area contributed by atoms with Crippen molar-refractivity contribution >= 4 is 5.69 Å². The summed E-state index contributed by atoms with van der Waals surface area (Å²) in [6.45, 7) is 3.36. The SMILES string of the molecule is Cc1cc(C)c([N+](=O)[O-])cc1C(O)C(O)CCN=[N+]=[N-]. The predicted molar refractivity (Wildman–Crippen MR) is 72.2 cm³/mol. The standard InChI is InChI=1S/C12H16N4O4/c1-7-5-8(2)10(16(19)20)6-9(7)12(18)11(17)3-4-14-15-13/h5-6,11-12,17-18H,3-4H2,1-2H3. The fraction of sp³-hybridized carbons (Fsp3) is 0.500. The molecule has 0 aliphatic heterocycles. The molecule has 0 radical (unpaired) electrons. The van der Waals surface area contributed by atoms with Crippen molar-refractivity contribution in [2.45, 2.75) is 32.5 Å². The molecule has 0 amide bonds. The van der Waals surface area contributed by atoms with E-state index in [-0.39, 0.29) is 18.7 Å². The van der Waals surface area contributed by atoms with Crippen molar-refractivity contribution in [3.05, 3.63) is 49.4 Å². The van der Waals surface area contributed by atoms with Crippen LogP contribution < -0.4 is 0 Å². The summed E-state index contributed by atoms with van der Waals surface area (Å²) in [5.74, 6) is 0. The van der Waals surface area contributed by atoms with Gasteiger partial charge in [-0.25, -0.2) is 0 Å². The Kier molecular flexibility index (Phi) is 5.45. The Labute approximate surface area is 115 Å². The highest BCUT2D eigenvalue weighted by Crippen LogP contribution is 2.29. The van der Waals surface area contributed by atoms with E-state index in [0.717, 1.165) is 0 Å². The van der Waals surface area contributed by atoms with Crippen LogP contribution in [0.2, 0.25) is 0 Å². The van der Waals surface area contributed by atoms with E-state index in [1.807, 2.05) is 0 Å². The number of aliphatic hydroxyl groups excluding tert-OH is 2. The lowest BCUT2D eigenvalue weighted by atomic mass is 9.95. The maximum absolute atomic E-state index is 10.9. The van der Waals surface area contributed by atoms with E-state index in [1.54, 1.807) is 19.9 Å². The highest BCUT2D eigenvalue weighted by Gasteiger charge is 2.23. The van der Waals surface area contributed by atoms with Gasteiger partial charge in [0.05, 0.1) is 11.0 Å². The van der Waals surface area contributed by atoms with Crippen LogP contribution >= 0.6 is 0 Å². The van der Waals surface area contributed by atoms with Gasteiger partial charge in [-0.15, -0.1) is 0 Å². The Hall–Kier alpha value is -2.15. The molecule has 0 saturated heterocycles. The molecule has 1 aromatic rings. The minimum absolute atomic E-state index is 0.0434. The molecule has 0 fully saturated rings. The van der Waals surface area contributed by atoms with Gasteiger partial charge in [-0.3, -0.25) is 10.1 Å². The van der Waals surface area contributed by atoms with Crippen molar-refractivity contribution in [2.75, 3.05) is 6.54 Å². The number of rotatable bonds is 6. The molecule has 20 heavy (non-hydrogen) atoms. The number of azide groups is 1. The number of aryl methyl sites for hydroxylation is 2. The maximum Gasteiger partial charge on any atom is 0.272 e. The van der Waals surface area contributed by atoms with Crippen LogP contribution in [-0.4, -0.2) is 27.8 Å². The largest absolute Gasteiger partial charge is 0.390 e. The summed E-state index contributed by atoms with van der Waals surface area (Å²) in [6, 6.07) is 2.86. The van der Waals surface area contributed by atoms with Crippen molar-refractivity contribution in [1.29, 1.82) is 0 Å². The van der Waals surface area contributed by atoms with Gasteiger partial charge in [-0.1, -0.05) is 5.11 Å². The molecule has 108 valence electrons. The number of benzene rings is 1. The summed E-state index contributed by atoms with van der Waals surface area (Å²) in [4.78, 5) is 12.9. The number of nitrogens with zero attached hydrogens (tertiary/aromatic N) is 4. The van der Waals surface area contributed by atoms with E-state index in [4.69, 9.17) is 5.53 Å². The van der Waals surface area contributed by atoms with Crippen molar-refractivity contribution in [3.63, 3.8) is 0 Å². The number of aliphatic hydroxyl groups is 2. The highest BCUT2D eigenvalue weighted by molar-refractivity contribution is 5.47. The average Bonchev–Trinajstić information content (AvgIpc) is 2.37. The van der Waals surface area contributed by atoms with Crippen LogP contribution in [0.1, 0.15) is 29.2 Å². The fourth-order valence-electron chi connectivity index (χ4n) is 1.97. The lowest BCUT2D eigenvalue weighted by molar-refractivity contribution is -0.385. The Bertz CT molecular complexity index is 555. The number of hydrogen-bond acceptors (Lipinski definition) is 5. The van der Waals surface area contributed by atoms with E-state index < -0.39 is 17.1 Å². The molecule has 0 spiro atoms. The summed E-state index contributed by atoms with van der Waals surface area (Å²) >= 11 is 0. The molecule has 1 rings (SSSR count). The third-order valence-corrected chi connectivity index (χ3v) is 3.05. The van der Waals surface area contributed by atoms with E-state index in [9.17, 15) is 20.3 Å². The van der Waals surface area contributed by atoms with Gasteiger partial charge in [0, 0.05) is 23.1 Å².